The summed E-state index contributed by atoms with van der Waals surface area (Å²) in [6.45, 7) is 9.39. The van der Waals surface area contributed by atoms with E-state index < -0.39 is 8.53 Å². The summed E-state index contributed by atoms with van der Waals surface area (Å²) in [6, 6.07) is 22.7. The van der Waals surface area contributed by atoms with Crippen LogP contribution in [0.5, 0.6) is 0 Å². The molecule has 10 heteroatoms. The molecule has 1 aliphatic heterocycles. The molecule has 0 aromatic heterocycles. The van der Waals surface area contributed by atoms with Crippen LogP contribution in [0.1, 0.15) is 44.5 Å². The van der Waals surface area contributed by atoms with E-state index in [0.717, 1.165) is 44.5 Å². The smallest absolute Gasteiger partial charge is 0.259 e. The number of anilines is 1. The molecule has 4 rings (SSSR count). The van der Waals surface area contributed by atoms with Crippen LogP contribution in [0.3, 0.4) is 0 Å². The molecule has 2 aromatic carbocycles. The molecule has 2 aromatic rings. The fraction of sp³-hybridized carbons (Fsp3) is 0.417. The number of carbonyl (C=O) groups excluding carboxylic acids is 1. The van der Waals surface area contributed by atoms with Crippen molar-refractivity contribution >= 4 is 31.1 Å². The largest absolute Gasteiger partial charge is 0.456 e. The first-order valence-electron chi connectivity index (χ1n) is 15.7. The Morgan fingerprint density at radius 3 is 2.28 bits per heavy atom. The number of nitriles is 1. The second-order valence-corrected chi connectivity index (χ2v) is 13.7. The SMILES string of the molecule is CC(C)N(C(C)C)P(OCCC#N)OCCN(C)C(=O)c1ccccc1-c1c2ccc(=[N+](C)C)cc-2oc2cc(N(C)C)ccc12. The molecule has 0 bridgehead atoms. The van der Waals surface area contributed by atoms with Gasteiger partial charge in [-0.1, -0.05) is 18.2 Å². The number of hydrogen-bond donors (Lipinski definition) is 0. The van der Waals surface area contributed by atoms with E-state index in [9.17, 15) is 4.79 Å². The van der Waals surface area contributed by atoms with Gasteiger partial charge >= 0.3 is 0 Å². The van der Waals surface area contributed by atoms with E-state index >= 15 is 0 Å². The number of hydrogen-bond acceptors (Lipinski definition) is 7. The molecule has 0 radical (unpaired) electrons. The third-order valence-electron chi connectivity index (χ3n) is 7.79. The molecule has 46 heavy (non-hydrogen) atoms. The van der Waals surface area contributed by atoms with Crippen molar-refractivity contribution in [2.45, 2.75) is 46.2 Å². The van der Waals surface area contributed by atoms with Gasteiger partial charge in [-0.15, -0.1) is 0 Å². The minimum atomic E-state index is -1.39. The molecule has 1 amide bonds. The van der Waals surface area contributed by atoms with Crippen LogP contribution in [-0.2, 0) is 9.05 Å². The van der Waals surface area contributed by atoms with Crippen molar-refractivity contribution in [2.24, 2.45) is 0 Å². The molecule has 0 saturated heterocycles. The third kappa shape index (κ3) is 7.94. The van der Waals surface area contributed by atoms with Crippen molar-refractivity contribution in [3.63, 3.8) is 0 Å². The lowest BCUT2D eigenvalue weighted by atomic mass is 9.90. The summed E-state index contributed by atoms with van der Waals surface area (Å²) in [5.74, 6) is 0.647. The molecule has 0 N–H and O–H groups in total. The fourth-order valence-electron chi connectivity index (χ4n) is 5.48. The maximum Gasteiger partial charge on any atom is 0.259 e. The molecule has 9 nitrogen and oxygen atoms in total. The van der Waals surface area contributed by atoms with E-state index in [1.54, 1.807) is 11.9 Å². The summed E-state index contributed by atoms with van der Waals surface area (Å²) < 4.78 is 23.0. The Balaban J connectivity index is 1.70. The molecule has 1 unspecified atom stereocenters. The predicted molar refractivity (Wildman–Crippen MR) is 188 cm³/mol. The Morgan fingerprint density at radius 1 is 0.935 bits per heavy atom. The summed E-state index contributed by atoms with van der Waals surface area (Å²) in [7, 11) is 8.43. The van der Waals surface area contributed by atoms with Crippen molar-refractivity contribution < 1.29 is 18.3 Å². The highest BCUT2D eigenvalue weighted by molar-refractivity contribution is 7.44. The lowest BCUT2D eigenvalue weighted by Crippen LogP contribution is -2.35. The second-order valence-electron chi connectivity index (χ2n) is 12.3. The van der Waals surface area contributed by atoms with Gasteiger partial charge in [0.05, 0.1) is 31.8 Å². The fourth-order valence-corrected chi connectivity index (χ4v) is 7.06. The lowest BCUT2D eigenvalue weighted by molar-refractivity contribution is 0.0764. The number of fused-ring (bicyclic) bond motifs is 2. The van der Waals surface area contributed by atoms with Crippen molar-refractivity contribution in [1.29, 1.82) is 5.26 Å². The monoisotopic (exact) mass is 644 g/mol. The van der Waals surface area contributed by atoms with Gasteiger partial charge in [0.1, 0.15) is 25.4 Å². The van der Waals surface area contributed by atoms with Gasteiger partial charge in [0.15, 0.2) is 0 Å². The molecule has 0 spiro atoms. The Morgan fingerprint density at radius 2 is 1.63 bits per heavy atom. The highest BCUT2D eigenvalue weighted by Crippen LogP contribution is 2.46. The van der Waals surface area contributed by atoms with Gasteiger partial charge in [0.25, 0.3) is 14.4 Å². The number of rotatable bonds is 13. The summed E-state index contributed by atoms with van der Waals surface area (Å²) >= 11 is 0. The number of carbonyl (C=O) groups is 1. The van der Waals surface area contributed by atoms with Gasteiger partial charge in [-0.3, -0.25) is 4.79 Å². The van der Waals surface area contributed by atoms with Gasteiger partial charge in [-0.05, 0) is 57.5 Å². The molecule has 1 atom stereocenters. The van der Waals surface area contributed by atoms with Crippen LogP contribution in [0.2, 0.25) is 0 Å². The molecule has 1 aliphatic carbocycles. The first kappa shape index (κ1) is 35.1. The van der Waals surface area contributed by atoms with E-state index in [1.807, 2.05) is 74.1 Å². The average molecular weight is 645 g/mol. The standard InChI is InChI=1S/C36H47N5O4P/c1-25(2)41(26(3)4)46(43-21-12-19-37)44-22-20-40(9)36(42)30-14-11-10-13-29(30)35-31-17-15-27(38(5)6)23-33(31)45-34-24-28(39(7)8)16-18-32(34)35/h10-11,13-18,23-26H,12,20-22H2,1-9H3/q+1. The number of benzene rings is 3. The van der Waals surface area contributed by atoms with Crippen molar-refractivity contribution in [3.05, 3.63) is 71.6 Å². The number of nitrogens with zero attached hydrogens (tertiary/aromatic N) is 5. The number of likely N-dealkylation sites (N-methyl/N-ethyl adjacent to an activating group) is 1. The molecule has 0 saturated carbocycles. The maximum atomic E-state index is 14.1. The third-order valence-corrected chi connectivity index (χ3v) is 9.89. The first-order chi connectivity index (χ1) is 21.9. The maximum absolute atomic E-state index is 14.1. The normalized spacial score (nSPS) is 12.2. The summed E-state index contributed by atoms with van der Waals surface area (Å²) in [4.78, 5) is 17.8. The van der Waals surface area contributed by atoms with Gasteiger partial charge in [0, 0.05) is 79.7 Å². The van der Waals surface area contributed by atoms with Crippen LogP contribution in [0.15, 0.2) is 65.1 Å². The van der Waals surface area contributed by atoms with Gasteiger partial charge in [0.2, 0.25) is 5.36 Å². The highest BCUT2D eigenvalue weighted by Gasteiger charge is 2.28. The summed E-state index contributed by atoms with van der Waals surface area (Å²) in [6.07, 6.45) is 0.296. The molecule has 2 aliphatic rings. The van der Waals surface area contributed by atoms with E-state index in [4.69, 9.17) is 18.7 Å². The van der Waals surface area contributed by atoms with Crippen molar-refractivity contribution in [1.82, 2.24) is 14.1 Å². The van der Waals surface area contributed by atoms with Crippen molar-refractivity contribution in [3.8, 4) is 28.5 Å². The molecule has 1 heterocycles. The van der Waals surface area contributed by atoms with Crippen LogP contribution >= 0.6 is 8.53 Å². The molecule has 0 fully saturated rings. The topological polar surface area (TPSA) is 85.2 Å². The first-order valence-corrected chi connectivity index (χ1v) is 16.8. The van der Waals surface area contributed by atoms with Crippen molar-refractivity contribution in [2.75, 3.05) is 59.9 Å². The Kier molecular flexibility index (Phi) is 11.9. The van der Waals surface area contributed by atoms with Crippen LogP contribution in [-0.4, -0.2) is 82.6 Å². The van der Waals surface area contributed by atoms with Crippen LogP contribution in [0, 0.1) is 11.3 Å². The van der Waals surface area contributed by atoms with Crippen LogP contribution in [0.25, 0.3) is 33.4 Å². The van der Waals surface area contributed by atoms with E-state index in [0.29, 0.717) is 31.7 Å². The quantitative estimate of drug-likeness (QED) is 0.0696. The van der Waals surface area contributed by atoms with Gasteiger partial charge in [-0.2, -0.15) is 5.26 Å². The van der Waals surface area contributed by atoms with Crippen LogP contribution in [0.4, 0.5) is 5.69 Å². The molecule has 244 valence electrons. The zero-order valence-corrected chi connectivity index (χ0v) is 29.5. The van der Waals surface area contributed by atoms with E-state index in [1.165, 1.54) is 0 Å². The van der Waals surface area contributed by atoms with E-state index in [2.05, 4.69) is 62.7 Å². The lowest BCUT2D eigenvalue weighted by Gasteiger charge is -2.35. The Bertz CT molecular complexity index is 1730. The second kappa shape index (κ2) is 15.7. The van der Waals surface area contributed by atoms with E-state index in [-0.39, 0.29) is 18.0 Å². The highest BCUT2D eigenvalue weighted by atomic mass is 31.2. The molecular weight excluding hydrogens is 597 g/mol. The zero-order chi connectivity index (χ0) is 33.5. The van der Waals surface area contributed by atoms with Gasteiger partial charge < -0.3 is 23.3 Å². The minimum Gasteiger partial charge on any atom is -0.456 e. The minimum absolute atomic E-state index is 0.101. The average Bonchev–Trinajstić information content (AvgIpc) is 3.02. The van der Waals surface area contributed by atoms with Gasteiger partial charge in [-0.25, -0.2) is 9.25 Å². The number of amides is 1. The molecular formula is C36H47N5O4P+. The van der Waals surface area contributed by atoms with Crippen LogP contribution < -0.4 is 14.8 Å². The zero-order valence-electron chi connectivity index (χ0n) is 28.6. The Labute approximate surface area is 274 Å². The summed E-state index contributed by atoms with van der Waals surface area (Å²) in [5.41, 5.74) is 5.11. The Hall–Kier alpha value is -3.80. The summed E-state index contributed by atoms with van der Waals surface area (Å²) in [5, 5.41) is 11.0. The predicted octanol–water partition coefficient (Wildman–Crippen LogP) is 6.67.